The number of nitrogens with zero attached hydrogens (tertiary/aromatic N) is 4. The minimum atomic E-state index is -0.230. The van der Waals surface area contributed by atoms with E-state index < -0.39 is 0 Å². The van der Waals surface area contributed by atoms with Crippen LogP contribution >= 0.6 is 0 Å². The average molecular weight is 357 g/mol. The van der Waals surface area contributed by atoms with Crippen LogP contribution in [0.2, 0.25) is 0 Å². The second-order valence-electron chi connectivity index (χ2n) is 6.41. The van der Waals surface area contributed by atoms with E-state index in [1.807, 2.05) is 42.2 Å². The van der Waals surface area contributed by atoms with Gasteiger partial charge in [0.2, 0.25) is 17.7 Å². The molecule has 0 aliphatic carbocycles. The molecule has 1 aromatic heterocycles. The van der Waals surface area contributed by atoms with Crippen LogP contribution in [0.5, 0.6) is 0 Å². The first kappa shape index (κ1) is 17.9. The molecule has 1 aromatic carbocycles. The van der Waals surface area contributed by atoms with Crippen molar-refractivity contribution in [1.82, 2.24) is 25.3 Å². The van der Waals surface area contributed by atoms with Gasteiger partial charge >= 0.3 is 6.03 Å². The summed E-state index contributed by atoms with van der Waals surface area (Å²) in [5.74, 6) is 1.11. The normalized spacial score (nSPS) is 16.8. The summed E-state index contributed by atoms with van der Waals surface area (Å²) >= 11 is 0. The lowest BCUT2D eigenvalue weighted by atomic mass is 10.1. The van der Waals surface area contributed by atoms with Gasteiger partial charge in [0.25, 0.3) is 0 Å². The molecule has 0 bridgehead atoms. The summed E-state index contributed by atoms with van der Waals surface area (Å²) in [5, 5.41) is 10.9. The van der Waals surface area contributed by atoms with Crippen molar-refractivity contribution in [1.29, 1.82) is 0 Å². The van der Waals surface area contributed by atoms with Crippen molar-refractivity contribution in [3.63, 3.8) is 0 Å². The van der Waals surface area contributed by atoms with Crippen molar-refractivity contribution in [2.45, 2.75) is 19.9 Å². The molecule has 1 atom stereocenters. The van der Waals surface area contributed by atoms with Crippen LogP contribution in [0.25, 0.3) is 11.5 Å². The van der Waals surface area contributed by atoms with Crippen LogP contribution in [0.1, 0.15) is 19.2 Å². The van der Waals surface area contributed by atoms with Gasteiger partial charge in [-0.05, 0) is 19.1 Å². The Hall–Kier alpha value is -2.90. The van der Waals surface area contributed by atoms with Gasteiger partial charge in [-0.25, -0.2) is 4.79 Å². The highest BCUT2D eigenvalue weighted by Gasteiger charge is 2.28. The molecule has 3 rings (SSSR count). The predicted octanol–water partition coefficient (Wildman–Crippen LogP) is 1.75. The summed E-state index contributed by atoms with van der Waals surface area (Å²) in [7, 11) is 1.67. The molecule has 1 saturated heterocycles. The lowest BCUT2D eigenvalue weighted by Crippen LogP contribution is -2.39. The molecular weight excluding hydrogens is 334 g/mol. The highest BCUT2D eigenvalue weighted by molar-refractivity contribution is 5.79. The SMILES string of the molecule is CCN1C[C@H](CNC(=O)N(C)Cc2nnc(-c3ccccc3)o2)CC1=O. The Morgan fingerprint density at radius 3 is 2.81 bits per heavy atom. The Bertz CT molecular complexity index is 761. The van der Waals surface area contributed by atoms with Gasteiger partial charge in [0.15, 0.2) is 0 Å². The Balaban J connectivity index is 1.49. The van der Waals surface area contributed by atoms with Crippen molar-refractivity contribution in [3.05, 3.63) is 36.2 Å². The second kappa shape index (κ2) is 7.99. The number of hydrogen-bond donors (Lipinski definition) is 1. The fourth-order valence-corrected chi connectivity index (χ4v) is 2.95. The molecule has 2 heterocycles. The molecule has 0 radical (unpaired) electrons. The molecule has 1 aliphatic rings. The van der Waals surface area contributed by atoms with Crippen LogP contribution in [-0.4, -0.2) is 58.6 Å². The van der Waals surface area contributed by atoms with Gasteiger partial charge in [-0.1, -0.05) is 18.2 Å². The zero-order valence-electron chi connectivity index (χ0n) is 15.0. The second-order valence-corrected chi connectivity index (χ2v) is 6.41. The first-order chi connectivity index (χ1) is 12.6. The summed E-state index contributed by atoms with van der Waals surface area (Å²) in [6, 6.07) is 9.24. The zero-order chi connectivity index (χ0) is 18.5. The molecular formula is C18H23N5O3. The smallest absolute Gasteiger partial charge is 0.317 e. The van der Waals surface area contributed by atoms with Gasteiger partial charge in [-0.2, -0.15) is 0 Å². The van der Waals surface area contributed by atoms with E-state index in [1.165, 1.54) is 4.90 Å². The summed E-state index contributed by atoms with van der Waals surface area (Å²) in [5.41, 5.74) is 0.838. The van der Waals surface area contributed by atoms with Gasteiger partial charge in [0, 0.05) is 44.6 Å². The Morgan fingerprint density at radius 1 is 1.35 bits per heavy atom. The number of carbonyl (C=O) groups excluding carboxylic acids is 2. The number of hydrogen-bond acceptors (Lipinski definition) is 5. The molecule has 8 nitrogen and oxygen atoms in total. The average Bonchev–Trinajstić information content (AvgIpc) is 3.26. The number of urea groups is 1. The topological polar surface area (TPSA) is 91.6 Å². The third-order valence-corrected chi connectivity index (χ3v) is 4.42. The van der Waals surface area contributed by atoms with E-state index in [4.69, 9.17) is 4.42 Å². The van der Waals surface area contributed by atoms with E-state index >= 15 is 0 Å². The molecule has 26 heavy (non-hydrogen) atoms. The van der Waals surface area contributed by atoms with E-state index in [1.54, 1.807) is 7.05 Å². The largest absolute Gasteiger partial charge is 0.419 e. The molecule has 2 aromatic rings. The molecule has 0 spiro atoms. The van der Waals surface area contributed by atoms with Crippen molar-refractivity contribution >= 4 is 11.9 Å². The Labute approximate surface area is 152 Å². The highest BCUT2D eigenvalue weighted by Crippen LogP contribution is 2.18. The maximum Gasteiger partial charge on any atom is 0.317 e. The van der Waals surface area contributed by atoms with Gasteiger partial charge < -0.3 is 19.5 Å². The van der Waals surface area contributed by atoms with Crippen LogP contribution in [0.4, 0.5) is 4.79 Å². The number of likely N-dealkylation sites (tertiary alicyclic amines) is 1. The monoisotopic (exact) mass is 357 g/mol. The van der Waals surface area contributed by atoms with E-state index in [0.717, 1.165) is 5.56 Å². The molecule has 1 fully saturated rings. The summed E-state index contributed by atoms with van der Waals surface area (Å²) in [6.45, 7) is 4.06. The highest BCUT2D eigenvalue weighted by atomic mass is 16.4. The fraction of sp³-hybridized carbons (Fsp3) is 0.444. The molecule has 3 amide bonds. The molecule has 0 unspecified atom stereocenters. The third kappa shape index (κ3) is 4.19. The molecule has 8 heteroatoms. The quantitative estimate of drug-likeness (QED) is 0.850. The summed E-state index contributed by atoms with van der Waals surface area (Å²) < 4.78 is 5.62. The number of rotatable bonds is 6. The minimum absolute atomic E-state index is 0.152. The molecule has 1 aliphatic heterocycles. The number of amides is 3. The number of benzene rings is 1. The van der Waals surface area contributed by atoms with Gasteiger partial charge in [0.1, 0.15) is 6.54 Å². The Kier molecular flexibility index (Phi) is 5.50. The summed E-state index contributed by atoms with van der Waals surface area (Å²) in [4.78, 5) is 27.3. The van der Waals surface area contributed by atoms with Gasteiger partial charge in [0.05, 0.1) is 0 Å². The van der Waals surface area contributed by atoms with Crippen LogP contribution in [0.15, 0.2) is 34.7 Å². The third-order valence-electron chi connectivity index (χ3n) is 4.42. The maximum atomic E-state index is 12.2. The predicted molar refractivity (Wildman–Crippen MR) is 95.0 cm³/mol. The van der Waals surface area contributed by atoms with Crippen LogP contribution < -0.4 is 5.32 Å². The van der Waals surface area contributed by atoms with E-state index in [2.05, 4.69) is 15.5 Å². The van der Waals surface area contributed by atoms with Crippen molar-refractivity contribution < 1.29 is 14.0 Å². The first-order valence-corrected chi connectivity index (χ1v) is 8.71. The van der Waals surface area contributed by atoms with Gasteiger partial charge in [-0.3, -0.25) is 4.79 Å². The summed E-state index contributed by atoms with van der Waals surface area (Å²) in [6.07, 6.45) is 0.488. The minimum Gasteiger partial charge on any atom is -0.419 e. The van der Waals surface area contributed by atoms with E-state index in [0.29, 0.717) is 37.8 Å². The number of aromatic nitrogens is 2. The van der Waals surface area contributed by atoms with Crippen molar-refractivity contribution in [2.75, 3.05) is 26.7 Å². The number of carbonyl (C=O) groups is 2. The molecule has 138 valence electrons. The number of nitrogens with one attached hydrogen (secondary N) is 1. The molecule has 0 saturated carbocycles. The lowest BCUT2D eigenvalue weighted by molar-refractivity contribution is -0.127. The fourth-order valence-electron chi connectivity index (χ4n) is 2.95. The standard InChI is InChI=1S/C18H23N5O3/c1-3-23-11-13(9-16(23)24)10-19-18(25)22(2)12-15-20-21-17(26-15)14-7-5-4-6-8-14/h4-8,13H,3,9-12H2,1-2H3,(H,19,25)/t13-/m0/s1. The lowest BCUT2D eigenvalue weighted by Gasteiger charge is -2.18. The van der Waals surface area contributed by atoms with Crippen LogP contribution in [0, 0.1) is 5.92 Å². The maximum absolute atomic E-state index is 12.2. The molecule has 1 N–H and O–H groups in total. The van der Waals surface area contributed by atoms with E-state index in [9.17, 15) is 9.59 Å². The van der Waals surface area contributed by atoms with E-state index in [-0.39, 0.29) is 24.4 Å². The Morgan fingerprint density at radius 2 is 2.12 bits per heavy atom. The van der Waals surface area contributed by atoms with Crippen LogP contribution in [0.3, 0.4) is 0 Å². The zero-order valence-corrected chi connectivity index (χ0v) is 15.0. The van der Waals surface area contributed by atoms with Crippen molar-refractivity contribution in [2.24, 2.45) is 5.92 Å². The van der Waals surface area contributed by atoms with Crippen molar-refractivity contribution in [3.8, 4) is 11.5 Å². The first-order valence-electron chi connectivity index (χ1n) is 8.71. The van der Waals surface area contributed by atoms with Crippen LogP contribution in [-0.2, 0) is 11.3 Å². The van der Waals surface area contributed by atoms with Gasteiger partial charge in [-0.15, -0.1) is 10.2 Å².